The number of hydrogen-bond donors (Lipinski definition) is 0. The zero-order valence-corrected chi connectivity index (χ0v) is 18.6. The van der Waals surface area contributed by atoms with Crippen molar-refractivity contribution >= 4 is 43.1 Å². The fourth-order valence-corrected chi connectivity index (χ4v) is 5.36. The largest absolute Gasteiger partial charge is 0.256 e. The van der Waals surface area contributed by atoms with Crippen LogP contribution in [0.3, 0.4) is 0 Å². The molecule has 0 amide bonds. The van der Waals surface area contributed by atoms with Gasteiger partial charge < -0.3 is 0 Å². The topological polar surface area (TPSA) is 12.9 Å². The minimum atomic E-state index is 1.04. The molecule has 7 rings (SSSR count). The van der Waals surface area contributed by atoms with Crippen LogP contribution < -0.4 is 0 Å². The van der Waals surface area contributed by atoms with Crippen LogP contribution in [-0.4, -0.2) is 4.98 Å². The average molecular weight is 432 g/mol. The van der Waals surface area contributed by atoms with Crippen LogP contribution >= 0.6 is 0 Å². The first-order chi connectivity index (χ1) is 16.9. The molecular weight excluding hydrogens is 410 g/mol. The van der Waals surface area contributed by atoms with Gasteiger partial charge in [0.2, 0.25) is 0 Å². The molecule has 158 valence electrons. The Balaban J connectivity index is 1.66. The fraction of sp³-hybridized carbons (Fsp3) is 0. The maximum Gasteiger partial charge on any atom is 0.0792 e. The molecule has 34 heavy (non-hydrogen) atoms. The van der Waals surface area contributed by atoms with E-state index in [1.807, 2.05) is 6.20 Å². The first-order valence-corrected chi connectivity index (χ1v) is 11.7. The monoisotopic (exact) mass is 431 g/mol. The summed E-state index contributed by atoms with van der Waals surface area (Å²) in [6.45, 7) is 0. The summed E-state index contributed by atoms with van der Waals surface area (Å²) in [7, 11) is 0. The van der Waals surface area contributed by atoms with E-state index in [0.29, 0.717) is 0 Å². The van der Waals surface area contributed by atoms with E-state index in [1.54, 1.807) is 0 Å². The van der Waals surface area contributed by atoms with E-state index in [4.69, 9.17) is 4.98 Å². The summed E-state index contributed by atoms with van der Waals surface area (Å²) in [5.74, 6) is 0. The van der Waals surface area contributed by atoms with Crippen molar-refractivity contribution in [1.29, 1.82) is 0 Å². The minimum absolute atomic E-state index is 1.04. The van der Waals surface area contributed by atoms with Gasteiger partial charge in [-0.15, -0.1) is 0 Å². The molecule has 0 atom stereocenters. The number of pyridine rings is 1. The molecule has 0 aliphatic carbocycles. The average Bonchev–Trinajstić information content (AvgIpc) is 2.91. The van der Waals surface area contributed by atoms with Crippen molar-refractivity contribution in [2.45, 2.75) is 0 Å². The molecule has 1 aromatic heterocycles. The van der Waals surface area contributed by atoms with E-state index in [2.05, 4.69) is 121 Å². The van der Waals surface area contributed by atoms with Crippen molar-refractivity contribution in [2.24, 2.45) is 0 Å². The summed E-state index contributed by atoms with van der Waals surface area (Å²) in [6.07, 6.45) is 1.93. The highest BCUT2D eigenvalue weighted by molar-refractivity contribution is 6.23. The predicted octanol–water partition coefficient (Wildman–Crippen LogP) is 9.03. The Kier molecular flexibility index (Phi) is 4.22. The SMILES string of the molecule is c1ccc2cc(-c3c4ccccc4c(-c4nccc5ccccc45)c4ccccc34)ccc2c1. The van der Waals surface area contributed by atoms with Gasteiger partial charge in [-0.25, -0.2) is 0 Å². The Hall–Kier alpha value is -4.49. The third kappa shape index (κ3) is 2.84. The van der Waals surface area contributed by atoms with Crippen molar-refractivity contribution in [1.82, 2.24) is 4.98 Å². The van der Waals surface area contributed by atoms with Crippen molar-refractivity contribution in [3.8, 4) is 22.4 Å². The zero-order valence-electron chi connectivity index (χ0n) is 18.6. The second-order valence-corrected chi connectivity index (χ2v) is 8.78. The van der Waals surface area contributed by atoms with Gasteiger partial charge >= 0.3 is 0 Å². The van der Waals surface area contributed by atoms with E-state index in [1.165, 1.54) is 59.8 Å². The highest BCUT2D eigenvalue weighted by Crippen LogP contribution is 2.44. The molecule has 0 saturated carbocycles. The molecule has 6 aromatic carbocycles. The van der Waals surface area contributed by atoms with E-state index in [-0.39, 0.29) is 0 Å². The Labute approximate surface area is 197 Å². The Morgan fingerprint density at radius 2 is 0.912 bits per heavy atom. The Morgan fingerprint density at radius 1 is 0.382 bits per heavy atom. The van der Waals surface area contributed by atoms with Crippen LogP contribution in [0.2, 0.25) is 0 Å². The van der Waals surface area contributed by atoms with Crippen LogP contribution in [0.5, 0.6) is 0 Å². The molecule has 0 fully saturated rings. The molecule has 0 bridgehead atoms. The van der Waals surface area contributed by atoms with Gasteiger partial charge in [-0.05, 0) is 61.0 Å². The van der Waals surface area contributed by atoms with Gasteiger partial charge in [-0.2, -0.15) is 0 Å². The quantitative estimate of drug-likeness (QED) is 0.249. The predicted molar refractivity (Wildman–Crippen MR) is 145 cm³/mol. The first kappa shape index (κ1) is 19.0. The van der Waals surface area contributed by atoms with Gasteiger partial charge in [0.05, 0.1) is 5.69 Å². The maximum atomic E-state index is 4.92. The lowest BCUT2D eigenvalue weighted by Crippen LogP contribution is -1.93. The van der Waals surface area contributed by atoms with Crippen LogP contribution in [0.25, 0.3) is 65.5 Å². The Morgan fingerprint density at radius 3 is 1.59 bits per heavy atom. The molecule has 1 nitrogen and oxygen atoms in total. The van der Waals surface area contributed by atoms with Crippen molar-refractivity contribution < 1.29 is 0 Å². The standard InChI is InChI=1S/C33H21N/c1-2-11-24-21-25(18-17-22(24)9-1)31-27-13-5-7-15-29(27)32(30-16-8-6-14-28(30)31)33-26-12-4-3-10-23(26)19-20-34-33/h1-21H. The molecule has 0 aliphatic heterocycles. The van der Waals surface area contributed by atoms with E-state index >= 15 is 0 Å². The molecule has 0 radical (unpaired) electrons. The van der Waals surface area contributed by atoms with Crippen molar-refractivity contribution in [2.75, 3.05) is 0 Å². The zero-order chi connectivity index (χ0) is 22.5. The summed E-state index contributed by atoms with van der Waals surface area (Å²) in [4.78, 5) is 4.92. The highest BCUT2D eigenvalue weighted by atomic mass is 14.7. The highest BCUT2D eigenvalue weighted by Gasteiger charge is 2.18. The molecule has 0 saturated heterocycles. The van der Waals surface area contributed by atoms with Gasteiger partial charge in [0, 0.05) is 17.1 Å². The lowest BCUT2D eigenvalue weighted by Gasteiger charge is -2.18. The van der Waals surface area contributed by atoms with Gasteiger partial charge in [0.25, 0.3) is 0 Å². The third-order valence-corrected chi connectivity index (χ3v) is 6.88. The maximum absolute atomic E-state index is 4.92. The fourth-order valence-electron chi connectivity index (χ4n) is 5.36. The molecule has 0 spiro atoms. The van der Waals surface area contributed by atoms with E-state index in [0.717, 1.165) is 5.69 Å². The first-order valence-electron chi connectivity index (χ1n) is 11.7. The second kappa shape index (κ2) is 7.54. The molecule has 1 heterocycles. The van der Waals surface area contributed by atoms with Crippen LogP contribution in [-0.2, 0) is 0 Å². The molecule has 7 aromatic rings. The molecular formula is C33H21N. The molecule has 0 unspecified atom stereocenters. The van der Waals surface area contributed by atoms with Crippen LogP contribution in [0.15, 0.2) is 128 Å². The second-order valence-electron chi connectivity index (χ2n) is 8.78. The number of hydrogen-bond acceptors (Lipinski definition) is 1. The van der Waals surface area contributed by atoms with Gasteiger partial charge in [-0.3, -0.25) is 4.98 Å². The number of nitrogens with zero attached hydrogens (tertiary/aromatic N) is 1. The number of rotatable bonds is 2. The Bertz CT molecular complexity index is 1800. The minimum Gasteiger partial charge on any atom is -0.256 e. The van der Waals surface area contributed by atoms with Crippen LogP contribution in [0.4, 0.5) is 0 Å². The van der Waals surface area contributed by atoms with Crippen molar-refractivity contribution in [3.05, 3.63) is 128 Å². The van der Waals surface area contributed by atoms with Gasteiger partial charge in [0.15, 0.2) is 0 Å². The van der Waals surface area contributed by atoms with E-state index in [9.17, 15) is 0 Å². The van der Waals surface area contributed by atoms with Crippen LogP contribution in [0, 0.1) is 0 Å². The summed E-state index contributed by atoms with van der Waals surface area (Å²) in [5, 5.41) is 9.87. The van der Waals surface area contributed by atoms with Gasteiger partial charge in [-0.1, -0.05) is 109 Å². The number of fused-ring (bicyclic) bond motifs is 4. The summed E-state index contributed by atoms with van der Waals surface area (Å²) >= 11 is 0. The van der Waals surface area contributed by atoms with Gasteiger partial charge in [0.1, 0.15) is 0 Å². The lowest BCUT2D eigenvalue weighted by atomic mass is 9.86. The number of benzene rings is 6. The van der Waals surface area contributed by atoms with Crippen LogP contribution in [0.1, 0.15) is 0 Å². The summed E-state index contributed by atoms with van der Waals surface area (Å²) in [6, 6.07) is 43.5. The molecule has 0 aliphatic rings. The van der Waals surface area contributed by atoms with Crippen molar-refractivity contribution in [3.63, 3.8) is 0 Å². The normalized spacial score (nSPS) is 11.5. The van der Waals surface area contributed by atoms with E-state index < -0.39 is 0 Å². The molecule has 1 heteroatoms. The smallest absolute Gasteiger partial charge is 0.0792 e. The summed E-state index contributed by atoms with van der Waals surface area (Å²) in [5.41, 5.74) is 4.76. The lowest BCUT2D eigenvalue weighted by molar-refractivity contribution is 1.37. The summed E-state index contributed by atoms with van der Waals surface area (Å²) < 4.78 is 0. The molecule has 0 N–H and O–H groups in total. The third-order valence-electron chi connectivity index (χ3n) is 6.88. The number of aromatic nitrogens is 1.